The van der Waals surface area contributed by atoms with E-state index in [4.69, 9.17) is 0 Å². The number of benzene rings is 1. The van der Waals surface area contributed by atoms with Crippen molar-refractivity contribution >= 4 is 11.9 Å². The fourth-order valence-electron chi connectivity index (χ4n) is 2.52. The molecule has 0 aliphatic rings. The molecule has 1 unspecified atom stereocenters. The summed E-state index contributed by atoms with van der Waals surface area (Å²) in [6, 6.07) is 9.31. The van der Waals surface area contributed by atoms with Crippen molar-refractivity contribution in [3.63, 3.8) is 0 Å². The maximum absolute atomic E-state index is 12.1. The number of hydrogen-bond donors (Lipinski definition) is 3. The molecule has 1 rings (SSSR count). The van der Waals surface area contributed by atoms with Crippen LogP contribution in [0.15, 0.2) is 30.3 Å². The van der Waals surface area contributed by atoms with E-state index in [1.165, 1.54) is 0 Å². The number of carboxylic acids is 1. The average molecular weight is 335 g/mol. The summed E-state index contributed by atoms with van der Waals surface area (Å²) in [5, 5.41) is 14.9. The van der Waals surface area contributed by atoms with Gasteiger partial charge in [0.15, 0.2) is 0 Å². The van der Waals surface area contributed by atoms with Gasteiger partial charge in [0, 0.05) is 6.54 Å². The monoisotopic (exact) mass is 335 g/mol. The summed E-state index contributed by atoms with van der Waals surface area (Å²) in [7, 11) is 3.93. The minimum Gasteiger partial charge on any atom is -0.480 e. The number of aliphatic carboxylic acids is 1. The van der Waals surface area contributed by atoms with Crippen molar-refractivity contribution in [1.29, 1.82) is 0 Å². The number of carboxylic acid groups (broad SMARTS) is 1. The molecule has 3 atom stereocenters. The SMILES string of the molecule is CC[C@H](C)[C@H](NCC(=O)NCC(c1ccccc1)N(C)C)C(=O)O. The number of hydrogen-bond acceptors (Lipinski definition) is 4. The number of rotatable bonds is 10. The first-order chi connectivity index (χ1) is 11.4. The molecule has 0 aliphatic heterocycles. The van der Waals surface area contributed by atoms with Gasteiger partial charge < -0.3 is 15.3 Å². The smallest absolute Gasteiger partial charge is 0.320 e. The Morgan fingerprint density at radius 3 is 2.33 bits per heavy atom. The van der Waals surface area contributed by atoms with E-state index in [-0.39, 0.29) is 24.4 Å². The molecule has 24 heavy (non-hydrogen) atoms. The summed E-state index contributed by atoms with van der Waals surface area (Å²) in [6.45, 7) is 4.26. The Morgan fingerprint density at radius 2 is 1.83 bits per heavy atom. The molecule has 0 radical (unpaired) electrons. The van der Waals surface area contributed by atoms with Crippen LogP contribution in [0.2, 0.25) is 0 Å². The highest BCUT2D eigenvalue weighted by Crippen LogP contribution is 2.16. The third kappa shape index (κ3) is 6.29. The van der Waals surface area contributed by atoms with Crippen molar-refractivity contribution in [3.8, 4) is 0 Å². The number of carbonyl (C=O) groups excluding carboxylic acids is 1. The lowest BCUT2D eigenvalue weighted by molar-refractivity contribution is -0.140. The number of nitrogens with one attached hydrogen (secondary N) is 2. The van der Waals surface area contributed by atoms with E-state index >= 15 is 0 Å². The van der Waals surface area contributed by atoms with Crippen molar-refractivity contribution < 1.29 is 14.7 Å². The predicted octanol–water partition coefficient (Wildman–Crippen LogP) is 1.49. The number of amides is 1. The Labute approximate surface area is 144 Å². The lowest BCUT2D eigenvalue weighted by atomic mass is 9.99. The molecule has 0 aliphatic carbocycles. The Kier molecular flexibility index (Phi) is 8.43. The molecule has 1 aromatic rings. The quantitative estimate of drug-likeness (QED) is 0.604. The van der Waals surface area contributed by atoms with Gasteiger partial charge in [-0.2, -0.15) is 0 Å². The van der Waals surface area contributed by atoms with Gasteiger partial charge in [-0.3, -0.25) is 14.9 Å². The van der Waals surface area contributed by atoms with E-state index in [0.29, 0.717) is 6.54 Å². The lowest BCUT2D eigenvalue weighted by Crippen LogP contribution is -2.47. The highest BCUT2D eigenvalue weighted by Gasteiger charge is 2.23. The molecule has 1 amide bonds. The summed E-state index contributed by atoms with van der Waals surface area (Å²) < 4.78 is 0. The van der Waals surface area contributed by atoms with Gasteiger partial charge in [0.05, 0.1) is 12.6 Å². The maximum atomic E-state index is 12.1. The Morgan fingerprint density at radius 1 is 1.21 bits per heavy atom. The van der Waals surface area contributed by atoms with Crippen LogP contribution in [0.1, 0.15) is 31.9 Å². The van der Waals surface area contributed by atoms with E-state index < -0.39 is 12.0 Å². The van der Waals surface area contributed by atoms with Crippen LogP contribution in [0.5, 0.6) is 0 Å². The molecule has 134 valence electrons. The van der Waals surface area contributed by atoms with Gasteiger partial charge in [-0.05, 0) is 25.6 Å². The van der Waals surface area contributed by atoms with Crippen molar-refractivity contribution in [2.24, 2.45) is 5.92 Å². The van der Waals surface area contributed by atoms with E-state index in [1.807, 2.05) is 63.2 Å². The highest BCUT2D eigenvalue weighted by molar-refractivity contribution is 5.80. The normalized spacial score (nSPS) is 14.9. The molecular formula is C18H29N3O3. The molecule has 6 heteroatoms. The summed E-state index contributed by atoms with van der Waals surface area (Å²) >= 11 is 0. The number of likely N-dealkylation sites (N-methyl/N-ethyl adjacent to an activating group) is 1. The van der Waals surface area contributed by atoms with Gasteiger partial charge in [0.25, 0.3) is 0 Å². The molecule has 0 bridgehead atoms. The Bertz CT molecular complexity index is 520. The molecule has 0 fully saturated rings. The second kappa shape index (κ2) is 10.1. The first-order valence-electron chi connectivity index (χ1n) is 8.31. The van der Waals surface area contributed by atoms with Crippen LogP contribution in [-0.2, 0) is 9.59 Å². The van der Waals surface area contributed by atoms with E-state index in [1.54, 1.807) is 0 Å². The van der Waals surface area contributed by atoms with E-state index in [0.717, 1.165) is 12.0 Å². The van der Waals surface area contributed by atoms with Crippen LogP contribution >= 0.6 is 0 Å². The molecule has 0 spiro atoms. The predicted molar refractivity (Wildman–Crippen MR) is 94.8 cm³/mol. The van der Waals surface area contributed by atoms with Crippen molar-refractivity contribution in [2.75, 3.05) is 27.2 Å². The minimum absolute atomic E-state index is 0.00373. The standard InChI is InChI=1S/C18H29N3O3/c1-5-13(2)17(18(23)24)20-12-16(22)19-11-15(21(3)4)14-9-7-6-8-10-14/h6-10,13,15,17,20H,5,11-12H2,1-4H3,(H,19,22)(H,23,24)/t13-,15?,17-/m0/s1. The molecule has 0 aromatic heterocycles. The molecule has 0 saturated heterocycles. The first-order valence-corrected chi connectivity index (χ1v) is 8.31. The highest BCUT2D eigenvalue weighted by atomic mass is 16.4. The molecule has 6 nitrogen and oxygen atoms in total. The number of nitrogens with zero attached hydrogens (tertiary/aromatic N) is 1. The van der Waals surface area contributed by atoms with Crippen LogP contribution in [-0.4, -0.2) is 55.1 Å². The van der Waals surface area contributed by atoms with Crippen molar-refractivity contribution in [2.45, 2.75) is 32.4 Å². The van der Waals surface area contributed by atoms with Gasteiger partial charge in [0.1, 0.15) is 6.04 Å². The minimum atomic E-state index is -0.924. The topological polar surface area (TPSA) is 81.7 Å². The third-order valence-corrected chi connectivity index (χ3v) is 4.26. The average Bonchev–Trinajstić information content (AvgIpc) is 2.55. The third-order valence-electron chi connectivity index (χ3n) is 4.26. The van der Waals surface area contributed by atoms with Gasteiger partial charge in [-0.25, -0.2) is 0 Å². The zero-order valence-electron chi connectivity index (χ0n) is 15.0. The van der Waals surface area contributed by atoms with Crippen molar-refractivity contribution in [3.05, 3.63) is 35.9 Å². The second-order valence-electron chi connectivity index (χ2n) is 6.28. The second-order valence-corrected chi connectivity index (χ2v) is 6.28. The summed E-state index contributed by atoms with van der Waals surface area (Å²) in [6.07, 6.45) is 0.738. The van der Waals surface area contributed by atoms with Gasteiger partial charge in [-0.15, -0.1) is 0 Å². The van der Waals surface area contributed by atoms with Crippen LogP contribution in [0.3, 0.4) is 0 Å². The summed E-state index contributed by atoms with van der Waals surface area (Å²) in [5.41, 5.74) is 1.12. The van der Waals surface area contributed by atoms with Crippen LogP contribution in [0, 0.1) is 5.92 Å². The fourth-order valence-corrected chi connectivity index (χ4v) is 2.52. The van der Waals surface area contributed by atoms with Gasteiger partial charge in [-0.1, -0.05) is 50.6 Å². The van der Waals surface area contributed by atoms with Gasteiger partial charge >= 0.3 is 5.97 Å². The van der Waals surface area contributed by atoms with E-state index in [2.05, 4.69) is 10.6 Å². The van der Waals surface area contributed by atoms with E-state index in [9.17, 15) is 14.7 Å². The Balaban J connectivity index is 2.53. The molecule has 3 N–H and O–H groups in total. The van der Waals surface area contributed by atoms with Crippen molar-refractivity contribution in [1.82, 2.24) is 15.5 Å². The van der Waals surface area contributed by atoms with Crippen LogP contribution in [0.4, 0.5) is 0 Å². The molecular weight excluding hydrogens is 306 g/mol. The zero-order chi connectivity index (χ0) is 18.1. The summed E-state index contributed by atoms with van der Waals surface area (Å²) in [4.78, 5) is 25.4. The molecule has 1 aromatic carbocycles. The maximum Gasteiger partial charge on any atom is 0.320 e. The number of carbonyl (C=O) groups is 2. The largest absolute Gasteiger partial charge is 0.480 e. The van der Waals surface area contributed by atoms with Gasteiger partial charge in [0.2, 0.25) is 5.91 Å². The Hall–Kier alpha value is -1.92. The first kappa shape index (κ1) is 20.1. The van der Waals surface area contributed by atoms with Crippen LogP contribution < -0.4 is 10.6 Å². The lowest BCUT2D eigenvalue weighted by Gasteiger charge is -2.25. The fraction of sp³-hybridized carbons (Fsp3) is 0.556. The summed E-state index contributed by atoms with van der Waals surface area (Å²) in [5.74, 6) is -1.16. The molecule has 0 saturated carbocycles. The van der Waals surface area contributed by atoms with Crippen LogP contribution in [0.25, 0.3) is 0 Å². The zero-order valence-corrected chi connectivity index (χ0v) is 15.0. The molecule has 0 heterocycles.